The molecule has 2 N–H and O–H groups in total. The zero-order valence-electron chi connectivity index (χ0n) is 18.1. The SMILES string of the molecule is CCCNS(=O)(=O)c1cc(C(=O)Nc2cc(S(=O)(=O)N(C)C)ccc2C)ccc1OC. The Morgan fingerprint density at radius 1 is 1.06 bits per heavy atom. The Balaban J connectivity index is 2.42. The van der Waals surface area contributed by atoms with E-state index in [-0.39, 0.29) is 27.6 Å². The minimum absolute atomic E-state index is 0.0279. The number of rotatable bonds is 9. The predicted octanol–water partition coefficient (Wildman–Crippen LogP) is 2.19. The van der Waals surface area contributed by atoms with Gasteiger partial charge < -0.3 is 10.1 Å². The van der Waals surface area contributed by atoms with Crippen LogP contribution in [-0.2, 0) is 20.0 Å². The summed E-state index contributed by atoms with van der Waals surface area (Å²) >= 11 is 0. The van der Waals surface area contributed by atoms with Gasteiger partial charge in [-0.3, -0.25) is 4.79 Å². The molecular formula is C20H27N3O6S2. The van der Waals surface area contributed by atoms with Crippen LogP contribution in [-0.4, -0.2) is 54.8 Å². The van der Waals surface area contributed by atoms with Crippen molar-refractivity contribution >= 4 is 31.6 Å². The molecule has 11 heteroatoms. The fourth-order valence-electron chi connectivity index (χ4n) is 2.64. The summed E-state index contributed by atoms with van der Waals surface area (Å²) in [6.07, 6.45) is 0.604. The molecule has 0 atom stereocenters. The van der Waals surface area contributed by atoms with Crippen LogP contribution in [0.15, 0.2) is 46.2 Å². The first-order chi connectivity index (χ1) is 14.4. The summed E-state index contributed by atoms with van der Waals surface area (Å²) in [5, 5.41) is 2.66. The molecule has 9 nitrogen and oxygen atoms in total. The predicted molar refractivity (Wildman–Crippen MR) is 118 cm³/mol. The second-order valence-corrected chi connectivity index (χ2v) is 10.9. The van der Waals surface area contributed by atoms with Crippen LogP contribution in [0.4, 0.5) is 5.69 Å². The fourth-order valence-corrected chi connectivity index (χ4v) is 4.90. The highest BCUT2D eigenvalue weighted by molar-refractivity contribution is 7.89. The molecule has 0 spiro atoms. The summed E-state index contributed by atoms with van der Waals surface area (Å²) in [5.41, 5.74) is 1.03. The van der Waals surface area contributed by atoms with Crippen molar-refractivity contribution in [3.63, 3.8) is 0 Å². The van der Waals surface area contributed by atoms with E-state index >= 15 is 0 Å². The Morgan fingerprint density at radius 3 is 2.32 bits per heavy atom. The van der Waals surface area contributed by atoms with Gasteiger partial charge in [0, 0.05) is 31.9 Å². The van der Waals surface area contributed by atoms with E-state index in [4.69, 9.17) is 4.74 Å². The van der Waals surface area contributed by atoms with Gasteiger partial charge in [0.05, 0.1) is 12.0 Å². The minimum Gasteiger partial charge on any atom is -0.495 e. The average Bonchev–Trinajstić information content (AvgIpc) is 2.73. The van der Waals surface area contributed by atoms with Crippen LogP contribution >= 0.6 is 0 Å². The van der Waals surface area contributed by atoms with E-state index in [0.29, 0.717) is 17.7 Å². The number of carbonyl (C=O) groups is 1. The molecule has 2 aromatic rings. The number of carbonyl (C=O) groups excluding carboxylic acids is 1. The summed E-state index contributed by atoms with van der Waals surface area (Å²) in [5.74, 6) is -0.479. The largest absolute Gasteiger partial charge is 0.495 e. The number of aryl methyl sites for hydroxylation is 1. The van der Waals surface area contributed by atoms with Crippen molar-refractivity contribution < 1.29 is 26.4 Å². The van der Waals surface area contributed by atoms with E-state index in [1.807, 2.05) is 6.92 Å². The van der Waals surface area contributed by atoms with Gasteiger partial charge in [0.25, 0.3) is 5.91 Å². The molecule has 170 valence electrons. The molecule has 2 aromatic carbocycles. The van der Waals surface area contributed by atoms with Crippen LogP contribution < -0.4 is 14.8 Å². The second-order valence-electron chi connectivity index (χ2n) is 6.98. The molecule has 0 aliphatic carbocycles. The van der Waals surface area contributed by atoms with Crippen molar-refractivity contribution in [3.05, 3.63) is 47.5 Å². The fraction of sp³-hybridized carbons (Fsp3) is 0.350. The van der Waals surface area contributed by atoms with E-state index in [1.54, 1.807) is 13.0 Å². The number of nitrogens with zero attached hydrogens (tertiary/aromatic N) is 1. The van der Waals surface area contributed by atoms with Crippen molar-refractivity contribution in [2.24, 2.45) is 0 Å². The van der Waals surface area contributed by atoms with Gasteiger partial charge >= 0.3 is 0 Å². The Labute approximate surface area is 183 Å². The third-order valence-electron chi connectivity index (χ3n) is 4.49. The van der Waals surface area contributed by atoms with Gasteiger partial charge in [-0.05, 0) is 49.2 Å². The molecule has 0 fully saturated rings. The summed E-state index contributed by atoms with van der Waals surface area (Å²) < 4.78 is 58.6. The molecular weight excluding hydrogens is 442 g/mol. The molecule has 0 aromatic heterocycles. The monoisotopic (exact) mass is 469 g/mol. The van der Waals surface area contributed by atoms with Crippen LogP contribution in [0.25, 0.3) is 0 Å². The molecule has 0 aliphatic rings. The number of sulfonamides is 2. The highest BCUT2D eigenvalue weighted by Gasteiger charge is 2.22. The first kappa shape index (κ1) is 24.8. The van der Waals surface area contributed by atoms with Gasteiger partial charge in [0.15, 0.2) is 0 Å². The van der Waals surface area contributed by atoms with Gasteiger partial charge in [-0.15, -0.1) is 0 Å². The third-order valence-corrected chi connectivity index (χ3v) is 7.79. The Kier molecular flexibility index (Phi) is 7.82. The van der Waals surface area contributed by atoms with Crippen molar-refractivity contribution in [2.45, 2.75) is 30.1 Å². The lowest BCUT2D eigenvalue weighted by molar-refractivity contribution is 0.102. The normalized spacial score (nSPS) is 12.1. The van der Waals surface area contributed by atoms with Crippen LogP contribution in [0, 0.1) is 6.92 Å². The summed E-state index contributed by atoms with van der Waals surface area (Å²) in [4.78, 5) is 12.7. The Bertz CT molecular complexity index is 1180. The number of anilines is 1. The van der Waals surface area contributed by atoms with Gasteiger partial charge in [0.2, 0.25) is 20.0 Å². The zero-order valence-corrected chi connectivity index (χ0v) is 19.7. The number of ether oxygens (including phenoxy) is 1. The van der Waals surface area contributed by atoms with Crippen LogP contribution in [0.2, 0.25) is 0 Å². The molecule has 0 saturated heterocycles. The number of hydrogen-bond donors (Lipinski definition) is 2. The second kappa shape index (κ2) is 9.77. The molecule has 31 heavy (non-hydrogen) atoms. The van der Waals surface area contributed by atoms with Gasteiger partial charge in [-0.1, -0.05) is 13.0 Å². The summed E-state index contributed by atoms with van der Waals surface area (Å²) in [7, 11) is -3.39. The minimum atomic E-state index is -3.88. The molecule has 0 radical (unpaired) electrons. The number of amides is 1. The summed E-state index contributed by atoms with van der Waals surface area (Å²) in [6, 6.07) is 8.47. The quantitative estimate of drug-likeness (QED) is 0.581. The van der Waals surface area contributed by atoms with E-state index in [2.05, 4.69) is 10.0 Å². The lowest BCUT2D eigenvalue weighted by atomic mass is 10.1. The smallest absolute Gasteiger partial charge is 0.255 e. The number of nitrogens with one attached hydrogen (secondary N) is 2. The van der Waals surface area contributed by atoms with Gasteiger partial charge in [0.1, 0.15) is 10.6 Å². The van der Waals surface area contributed by atoms with E-state index in [9.17, 15) is 21.6 Å². The van der Waals surface area contributed by atoms with Gasteiger partial charge in [-0.2, -0.15) is 0 Å². The maximum atomic E-state index is 12.8. The van der Waals surface area contributed by atoms with Crippen LogP contribution in [0.3, 0.4) is 0 Å². The Hall–Kier alpha value is -2.47. The molecule has 2 rings (SSSR count). The highest BCUT2D eigenvalue weighted by atomic mass is 32.2. The van der Waals surface area contributed by atoms with E-state index < -0.39 is 26.0 Å². The highest BCUT2D eigenvalue weighted by Crippen LogP contribution is 2.26. The molecule has 1 amide bonds. The first-order valence-electron chi connectivity index (χ1n) is 9.46. The van der Waals surface area contributed by atoms with Crippen molar-refractivity contribution in [3.8, 4) is 5.75 Å². The molecule has 0 aliphatic heterocycles. The zero-order chi connectivity index (χ0) is 23.4. The van der Waals surface area contributed by atoms with Crippen molar-refractivity contribution in [1.82, 2.24) is 9.03 Å². The topological polar surface area (TPSA) is 122 Å². The summed E-state index contributed by atoms with van der Waals surface area (Å²) in [6.45, 7) is 3.80. The number of benzene rings is 2. The average molecular weight is 470 g/mol. The molecule has 0 saturated carbocycles. The lowest BCUT2D eigenvalue weighted by Crippen LogP contribution is -2.25. The van der Waals surface area contributed by atoms with Crippen LogP contribution in [0.5, 0.6) is 5.75 Å². The standard InChI is InChI=1S/C20H27N3O6S2/c1-6-11-21-30(25,26)19-12-15(8-10-18(19)29-5)20(24)22-17-13-16(9-7-14(17)2)31(27,28)23(3)4/h7-10,12-13,21H,6,11H2,1-5H3,(H,22,24). The number of methoxy groups -OCH3 is 1. The molecule has 0 heterocycles. The molecule has 0 unspecified atom stereocenters. The molecule has 0 bridgehead atoms. The van der Waals surface area contributed by atoms with E-state index in [1.165, 1.54) is 51.5 Å². The number of hydrogen-bond acceptors (Lipinski definition) is 6. The van der Waals surface area contributed by atoms with Gasteiger partial charge in [-0.25, -0.2) is 25.9 Å². The maximum Gasteiger partial charge on any atom is 0.255 e. The first-order valence-corrected chi connectivity index (χ1v) is 12.4. The van der Waals surface area contributed by atoms with Crippen LogP contribution in [0.1, 0.15) is 29.3 Å². The van der Waals surface area contributed by atoms with Crippen molar-refractivity contribution in [2.75, 3.05) is 33.1 Å². The lowest BCUT2D eigenvalue weighted by Gasteiger charge is -2.15. The third kappa shape index (κ3) is 5.62. The maximum absolute atomic E-state index is 12.8. The Morgan fingerprint density at radius 2 is 1.74 bits per heavy atom. The van der Waals surface area contributed by atoms with E-state index in [0.717, 1.165) is 4.31 Å². The van der Waals surface area contributed by atoms with Crippen molar-refractivity contribution in [1.29, 1.82) is 0 Å².